The highest BCUT2D eigenvalue weighted by Crippen LogP contribution is 2.12. The van der Waals surface area contributed by atoms with E-state index in [1.807, 2.05) is 0 Å². The summed E-state index contributed by atoms with van der Waals surface area (Å²) in [5.41, 5.74) is -0.565. The Morgan fingerprint density at radius 1 is 1.56 bits per heavy atom. The topological polar surface area (TPSA) is 46.6 Å². The number of nitrogens with zero attached hydrogens (tertiary/aromatic N) is 1. The van der Waals surface area contributed by atoms with Crippen molar-refractivity contribution in [3.05, 3.63) is 0 Å². The van der Waals surface area contributed by atoms with Gasteiger partial charge in [0.25, 0.3) is 0 Å². The second-order valence-electron chi connectivity index (χ2n) is 4.56. The number of hydrogen-bond donors (Lipinski definition) is 0. The van der Waals surface area contributed by atoms with E-state index in [2.05, 4.69) is 5.92 Å². The summed E-state index contributed by atoms with van der Waals surface area (Å²) >= 11 is 0. The maximum absolute atomic E-state index is 11.8. The molecular weight excluding hydrogens is 206 g/mol. The SMILES string of the molecule is C#CCN(C(=O)OC(C)(C)C)[C@@H](C)CC=O. The molecule has 4 heteroatoms. The molecule has 0 spiro atoms. The van der Waals surface area contributed by atoms with Crippen LogP contribution < -0.4 is 0 Å². The second-order valence-corrected chi connectivity index (χ2v) is 4.56. The number of carbonyl (C=O) groups is 2. The predicted octanol–water partition coefficient (Wildman–Crippen LogP) is 1.83. The molecule has 16 heavy (non-hydrogen) atoms. The van der Waals surface area contributed by atoms with Gasteiger partial charge in [-0.3, -0.25) is 4.90 Å². The Morgan fingerprint density at radius 2 is 2.12 bits per heavy atom. The molecule has 0 radical (unpaired) electrons. The Labute approximate surface area is 96.9 Å². The monoisotopic (exact) mass is 225 g/mol. The van der Waals surface area contributed by atoms with Crippen molar-refractivity contribution in [2.75, 3.05) is 6.54 Å². The minimum atomic E-state index is -0.565. The Kier molecular flexibility index (Phi) is 5.59. The maximum Gasteiger partial charge on any atom is 0.411 e. The van der Waals surface area contributed by atoms with Crippen LogP contribution in [0.2, 0.25) is 0 Å². The second kappa shape index (κ2) is 6.16. The van der Waals surface area contributed by atoms with Crippen molar-refractivity contribution in [3.63, 3.8) is 0 Å². The molecule has 0 aliphatic heterocycles. The molecule has 0 saturated heterocycles. The van der Waals surface area contributed by atoms with Crippen molar-refractivity contribution in [3.8, 4) is 12.3 Å². The molecule has 0 aromatic heterocycles. The van der Waals surface area contributed by atoms with E-state index < -0.39 is 11.7 Å². The van der Waals surface area contributed by atoms with Crippen LogP contribution in [0.3, 0.4) is 0 Å². The highest BCUT2D eigenvalue weighted by molar-refractivity contribution is 5.69. The van der Waals surface area contributed by atoms with Gasteiger partial charge in [0, 0.05) is 12.5 Å². The van der Waals surface area contributed by atoms with E-state index in [4.69, 9.17) is 11.2 Å². The van der Waals surface area contributed by atoms with Crippen LogP contribution in [0.25, 0.3) is 0 Å². The van der Waals surface area contributed by atoms with Gasteiger partial charge in [-0.15, -0.1) is 6.42 Å². The zero-order valence-corrected chi connectivity index (χ0v) is 10.3. The molecular formula is C12H19NO3. The molecule has 0 N–H and O–H groups in total. The lowest BCUT2D eigenvalue weighted by atomic mass is 10.2. The van der Waals surface area contributed by atoms with Crippen molar-refractivity contribution in [2.24, 2.45) is 0 Å². The molecule has 0 aromatic rings. The summed E-state index contributed by atoms with van der Waals surface area (Å²) in [7, 11) is 0. The van der Waals surface area contributed by atoms with E-state index >= 15 is 0 Å². The normalized spacial score (nSPS) is 12.4. The van der Waals surface area contributed by atoms with Crippen LogP contribution in [0.15, 0.2) is 0 Å². The van der Waals surface area contributed by atoms with Gasteiger partial charge >= 0.3 is 6.09 Å². The van der Waals surface area contributed by atoms with E-state index in [0.29, 0.717) is 0 Å². The first kappa shape index (κ1) is 14.5. The average Bonchev–Trinajstić information content (AvgIpc) is 2.11. The first-order chi connectivity index (χ1) is 7.31. The van der Waals surface area contributed by atoms with Gasteiger partial charge in [0.15, 0.2) is 0 Å². The minimum absolute atomic E-state index is 0.143. The Bertz CT molecular complexity index is 286. The summed E-state index contributed by atoms with van der Waals surface area (Å²) in [6.07, 6.45) is 5.70. The summed E-state index contributed by atoms with van der Waals surface area (Å²) in [4.78, 5) is 23.5. The quantitative estimate of drug-likeness (QED) is 0.541. The summed E-state index contributed by atoms with van der Waals surface area (Å²) in [6, 6.07) is -0.247. The number of aldehydes is 1. The molecule has 1 atom stereocenters. The van der Waals surface area contributed by atoms with E-state index in [0.717, 1.165) is 6.29 Å². The summed E-state index contributed by atoms with van der Waals surface area (Å²) < 4.78 is 5.20. The lowest BCUT2D eigenvalue weighted by molar-refractivity contribution is -0.108. The van der Waals surface area contributed by atoms with Crippen LogP contribution in [0.1, 0.15) is 34.1 Å². The first-order valence-corrected chi connectivity index (χ1v) is 5.18. The van der Waals surface area contributed by atoms with Gasteiger partial charge in [0.2, 0.25) is 0 Å². The van der Waals surface area contributed by atoms with Crippen molar-refractivity contribution >= 4 is 12.4 Å². The predicted molar refractivity (Wildman–Crippen MR) is 61.9 cm³/mol. The van der Waals surface area contributed by atoms with E-state index in [9.17, 15) is 9.59 Å². The van der Waals surface area contributed by atoms with Gasteiger partial charge in [0.1, 0.15) is 11.9 Å². The van der Waals surface area contributed by atoms with Gasteiger partial charge in [-0.05, 0) is 27.7 Å². The smallest absolute Gasteiger partial charge is 0.411 e. The number of carbonyl (C=O) groups excluding carboxylic acids is 2. The zero-order valence-electron chi connectivity index (χ0n) is 10.3. The maximum atomic E-state index is 11.8. The fourth-order valence-corrected chi connectivity index (χ4v) is 1.09. The van der Waals surface area contributed by atoms with Gasteiger partial charge < -0.3 is 9.53 Å². The molecule has 0 rings (SSSR count). The van der Waals surface area contributed by atoms with E-state index in [1.165, 1.54) is 4.90 Å². The van der Waals surface area contributed by atoms with Crippen LogP contribution in [-0.2, 0) is 9.53 Å². The van der Waals surface area contributed by atoms with Crippen molar-refractivity contribution in [2.45, 2.75) is 45.8 Å². The Hall–Kier alpha value is -1.50. The third-order valence-electron chi connectivity index (χ3n) is 1.86. The number of amides is 1. The molecule has 4 nitrogen and oxygen atoms in total. The molecule has 90 valence electrons. The average molecular weight is 225 g/mol. The third kappa shape index (κ3) is 5.40. The number of ether oxygens (including phenoxy) is 1. The van der Waals surface area contributed by atoms with Crippen molar-refractivity contribution in [1.82, 2.24) is 4.90 Å². The van der Waals surface area contributed by atoms with Gasteiger partial charge in [-0.25, -0.2) is 4.79 Å². The van der Waals surface area contributed by atoms with Crippen molar-refractivity contribution in [1.29, 1.82) is 0 Å². The fraction of sp³-hybridized carbons (Fsp3) is 0.667. The van der Waals surface area contributed by atoms with Gasteiger partial charge in [0.05, 0.1) is 6.54 Å². The first-order valence-electron chi connectivity index (χ1n) is 5.18. The van der Waals surface area contributed by atoms with Crippen LogP contribution >= 0.6 is 0 Å². The molecule has 0 aromatic carbocycles. The minimum Gasteiger partial charge on any atom is -0.444 e. The molecule has 0 aliphatic carbocycles. The number of hydrogen-bond acceptors (Lipinski definition) is 3. The standard InChI is InChI=1S/C12H19NO3/c1-6-8-13(10(2)7-9-14)11(15)16-12(3,4)5/h1,9-10H,7-8H2,2-5H3/t10-/m0/s1. The van der Waals surface area contributed by atoms with E-state index in [1.54, 1.807) is 27.7 Å². The van der Waals surface area contributed by atoms with Crippen LogP contribution in [0.4, 0.5) is 4.79 Å². The molecule has 0 aliphatic rings. The molecule has 1 amide bonds. The molecule has 0 bridgehead atoms. The lowest BCUT2D eigenvalue weighted by Crippen LogP contribution is -2.42. The zero-order chi connectivity index (χ0) is 12.8. The highest BCUT2D eigenvalue weighted by Gasteiger charge is 2.24. The van der Waals surface area contributed by atoms with Crippen LogP contribution in [-0.4, -0.2) is 35.5 Å². The van der Waals surface area contributed by atoms with Crippen molar-refractivity contribution < 1.29 is 14.3 Å². The fourth-order valence-electron chi connectivity index (χ4n) is 1.09. The molecule has 0 saturated carbocycles. The van der Waals surface area contributed by atoms with Gasteiger partial charge in [-0.2, -0.15) is 0 Å². The molecule has 0 unspecified atom stereocenters. The highest BCUT2D eigenvalue weighted by atomic mass is 16.6. The molecule has 0 heterocycles. The summed E-state index contributed by atoms with van der Waals surface area (Å²) in [6.45, 7) is 7.25. The Morgan fingerprint density at radius 3 is 2.50 bits per heavy atom. The van der Waals surface area contributed by atoms with E-state index in [-0.39, 0.29) is 19.0 Å². The third-order valence-corrected chi connectivity index (χ3v) is 1.86. The lowest BCUT2D eigenvalue weighted by Gasteiger charge is -2.29. The van der Waals surface area contributed by atoms with Crippen LogP contribution in [0, 0.1) is 12.3 Å². The number of terminal acetylenes is 1. The Balaban J connectivity index is 4.59. The van der Waals surface area contributed by atoms with Crippen LogP contribution in [0.5, 0.6) is 0 Å². The van der Waals surface area contributed by atoms with Gasteiger partial charge in [-0.1, -0.05) is 5.92 Å². The summed E-state index contributed by atoms with van der Waals surface area (Å²) in [5, 5.41) is 0. The number of rotatable bonds is 4. The summed E-state index contributed by atoms with van der Waals surface area (Å²) in [5.74, 6) is 2.38. The largest absolute Gasteiger partial charge is 0.444 e. The molecule has 0 fully saturated rings.